The van der Waals surface area contributed by atoms with Crippen LogP contribution in [0.25, 0.3) is 0 Å². The zero-order chi connectivity index (χ0) is 46.1. The zero-order valence-electron chi connectivity index (χ0n) is 43.7. The Labute approximate surface area is 394 Å². The smallest absolute Gasteiger partial charge is 0.308 e. The van der Waals surface area contributed by atoms with Gasteiger partial charge in [-0.2, -0.15) is 0 Å². The van der Waals surface area contributed by atoms with Crippen molar-refractivity contribution in [3.05, 3.63) is 0 Å². The average Bonchev–Trinajstić information content (AvgIpc) is 3.27. The minimum Gasteiger partial charge on any atom is -0.465 e. The Morgan fingerprint density at radius 3 is 1.00 bits per heavy atom. The summed E-state index contributed by atoms with van der Waals surface area (Å²) in [6, 6.07) is 0. The first kappa shape index (κ1) is 61.8. The summed E-state index contributed by atoms with van der Waals surface area (Å²) in [5, 5.41) is 2.52. The van der Waals surface area contributed by atoms with Gasteiger partial charge in [-0.05, 0) is 84.8 Å². The molecule has 0 aliphatic heterocycles. The Morgan fingerprint density at radius 1 is 0.365 bits per heavy atom. The topological polar surface area (TPSA) is 71.1 Å². The van der Waals surface area contributed by atoms with E-state index in [4.69, 9.17) is 9.47 Å². The largest absolute Gasteiger partial charge is 0.465 e. The van der Waals surface area contributed by atoms with Crippen molar-refractivity contribution in [1.29, 1.82) is 0 Å². The van der Waals surface area contributed by atoms with E-state index in [-0.39, 0.29) is 23.8 Å². The summed E-state index contributed by atoms with van der Waals surface area (Å²) in [7, 11) is 4.33. The molecular weight excluding hydrogens is 779 g/mol. The number of ether oxygens (including phenoxy) is 2. The van der Waals surface area contributed by atoms with E-state index in [2.05, 4.69) is 57.1 Å². The molecule has 0 aromatic carbocycles. The van der Waals surface area contributed by atoms with E-state index in [0.717, 1.165) is 77.5 Å². The van der Waals surface area contributed by atoms with Gasteiger partial charge >= 0.3 is 11.9 Å². The van der Waals surface area contributed by atoms with Crippen molar-refractivity contribution in [1.82, 2.24) is 15.3 Å². The van der Waals surface area contributed by atoms with Crippen molar-refractivity contribution in [2.45, 2.75) is 285 Å². The highest BCUT2D eigenvalue weighted by atomic mass is 16.5. The molecule has 0 aromatic rings. The molecule has 0 spiro atoms. The first-order valence-electron chi connectivity index (χ1n) is 28.4. The first-order valence-corrected chi connectivity index (χ1v) is 28.4. The predicted molar refractivity (Wildman–Crippen MR) is 274 cm³/mol. The standard InChI is InChI=1S/C56H113N3O4/c1-7-11-15-19-27-35-45-53(43-33-17-13-9-3)55(60)62-51-41-31-25-21-23-29-38-49-59(57-47-37-40-48-58(5)6)50-39-30-24-22-26-32-42-52-63-56(61)54(44-34-18-14-10-4)46-36-28-20-16-12-8-2/h53-54,57H,7-52H2,1-6H3. The molecule has 0 aliphatic carbocycles. The van der Waals surface area contributed by atoms with Gasteiger partial charge in [0.2, 0.25) is 0 Å². The Bertz CT molecular complexity index is 868. The van der Waals surface area contributed by atoms with Gasteiger partial charge in [0.1, 0.15) is 0 Å². The van der Waals surface area contributed by atoms with E-state index < -0.39 is 0 Å². The summed E-state index contributed by atoms with van der Waals surface area (Å²) in [5.41, 5.74) is 3.79. The molecule has 0 rings (SSSR count). The van der Waals surface area contributed by atoms with Gasteiger partial charge in [0, 0.05) is 19.6 Å². The van der Waals surface area contributed by atoms with Crippen molar-refractivity contribution < 1.29 is 19.1 Å². The summed E-state index contributed by atoms with van der Waals surface area (Å²) in [6.07, 6.45) is 48.8. The van der Waals surface area contributed by atoms with Gasteiger partial charge in [-0.3, -0.25) is 15.0 Å². The highest BCUT2D eigenvalue weighted by Crippen LogP contribution is 2.22. The lowest BCUT2D eigenvalue weighted by molar-refractivity contribution is -0.150. The van der Waals surface area contributed by atoms with Gasteiger partial charge in [0.15, 0.2) is 0 Å². The Morgan fingerprint density at radius 2 is 0.651 bits per heavy atom. The van der Waals surface area contributed by atoms with Gasteiger partial charge in [-0.15, -0.1) is 0 Å². The maximum absolute atomic E-state index is 13.0. The molecular formula is C56H113N3O4. The number of carbonyl (C=O) groups excluding carboxylic acids is 2. The summed E-state index contributed by atoms with van der Waals surface area (Å²) in [6.45, 7) is 14.7. The van der Waals surface area contributed by atoms with Crippen LogP contribution in [-0.2, 0) is 19.1 Å². The number of nitrogens with zero attached hydrogens (tertiary/aromatic N) is 2. The molecule has 0 amide bonds. The van der Waals surface area contributed by atoms with Gasteiger partial charge < -0.3 is 14.4 Å². The maximum atomic E-state index is 13.0. The van der Waals surface area contributed by atoms with Crippen molar-refractivity contribution in [3.8, 4) is 0 Å². The number of nitrogens with one attached hydrogen (secondary N) is 1. The van der Waals surface area contributed by atoms with E-state index in [9.17, 15) is 9.59 Å². The Kier molecular flexibility index (Phi) is 49.3. The number of rotatable bonds is 52. The fourth-order valence-electron chi connectivity index (χ4n) is 8.96. The molecule has 2 unspecified atom stereocenters. The lowest BCUT2D eigenvalue weighted by atomic mass is 9.94. The molecule has 7 nitrogen and oxygen atoms in total. The van der Waals surface area contributed by atoms with Crippen LogP contribution in [0.1, 0.15) is 285 Å². The fourth-order valence-corrected chi connectivity index (χ4v) is 8.96. The summed E-state index contributed by atoms with van der Waals surface area (Å²) in [4.78, 5) is 28.2. The van der Waals surface area contributed by atoms with E-state index in [1.165, 1.54) is 205 Å². The molecule has 376 valence electrons. The SMILES string of the molecule is CCCCCCCCC(CCCCCC)C(=O)OCCCCCCCCCN(CCCCCCCCCOC(=O)C(CCCCCC)CCCCCCCC)NCCCCN(C)C. The van der Waals surface area contributed by atoms with Crippen LogP contribution in [0.4, 0.5) is 0 Å². The van der Waals surface area contributed by atoms with Crippen LogP contribution in [0.3, 0.4) is 0 Å². The Hall–Kier alpha value is -1.18. The van der Waals surface area contributed by atoms with E-state index in [0.29, 0.717) is 13.2 Å². The fraction of sp³-hybridized carbons (Fsp3) is 0.964. The third-order valence-electron chi connectivity index (χ3n) is 13.3. The number of carbonyl (C=O) groups is 2. The summed E-state index contributed by atoms with van der Waals surface area (Å²) >= 11 is 0. The number of hydrogen-bond donors (Lipinski definition) is 1. The van der Waals surface area contributed by atoms with Crippen LogP contribution in [0, 0.1) is 11.8 Å². The zero-order valence-corrected chi connectivity index (χ0v) is 43.7. The van der Waals surface area contributed by atoms with Crippen molar-refractivity contribution in [2.24, 2.45) is 11.8 Å². The van der Waals surface area contributed by atoms with Crippen molar-refractivity contribution in [2.75, 3.05) is 53.5 Å². The number of hydrazine groups is 1. The first-order chi connectivity index (χ1) is 30.9. The van der Waals surface area contributed by atoms with Gasteiger partial charge in [-0.25, -0.2) is 5.01 Å². The third-order valence-corrected chi connectivity index (χ3v) is 13.3. The second kappa shape index (κ2) is 50.2. The lowest BCUT2D eigenvalue weighted by Crippen LogP contribution is -2.40. The van der Waals surface area contributed by atoms with Gasteiger partial charge in [0.25, 0.3) is 0 Å². The van der Waals surface area contributed by atoms with Crippen LogP contribution in [0.15, 0.2) is 0 Å². The van der Waals surface area contributed by atoms with Gasteiger partial charge in [0.05, 0.1) is 25.0 Å². The normalized spacial score (nSPS) is 12.7. The van der Waals surface area contributed by atoms with E-state index >= 15 is 0 Å². The van der Waals surface area contributed by atoms with Crippen LogP contribution in [0.2, 0.25) is 0 Å². The quantitative estimate of drug-likeness (QED) is 0.0370. The molecule has 0 saturated heterocycles. The number of hydrogen-bond acceptors (Lipinski definition) is 7. The molecule has 0 bridgehead atoms. The van der Waals surface area contributed by atoms with Crippen molar-refractivity contribution >= 4 is 11.9 Å². The minimum atomic E-state index is 0.0808. The highest BCUT2D eigenvalue weighted by Gasteiger charge is 2.20. The molecule has 0 saturated carbocycles. The summed E-state index contributed by atoms with van der Waals surface area (Å²) < 4.78 is 11.7. The molecule has 0 aliphatic rings. The minimum absolute atomic E-state index is 0.0808. The van der Waals surface area contributed by atoms with Crippen molar-refractivity contribution in [3.63, 3.8) is 0 Å². The van der Waals surface area contributed by atoms with Gasteiger partial charge in [-0.1, -0.05) is 220 Å². The van der Waals surface area contributed by atoms with Crippen LogP contribution >= 0.6 is 0 Å². The molecule has 63 heavy (non-hydrogen) atoms. The van der Waals surface area contributed by atoms with Crippen LogP contribution in [0.5, 0.6) is 0 Å². The highest BCUT2D eigenvalue weighted by molar-refractivity contribution is 5.72. The van der Waals surface area contributed by atoms with E-state index in [1.807, 2.05) is 0 Å². The summed E-state index contributed by atoms with van der Waals surface area (Å²) in [5.74, 6) is 0.390. The number of esters is 2. The third kappa shape index (κ3) is 44.4. The van der Waals surface area contributed by atoms with Crippen LogP contribution in [-0.4, -0.2) is 75.3 Å². The number of unbranched alkanes of at least 4 members (excludes halogenated alkanes) is 29. The average molecular weight is 893 g/mol. The predicted octanol–water partition coefficient (Wildman–Crippen LogP) is 16.4. The molecule has 0 aromatic heterocycles. The molecule has 0 radical (unpaired) electrons. The molecule has 1 N–H and O–H groups in total. The molecule has 2 atom stereocenters. The second-order valence-corrected chi connectivity index (χ2v) is 19.9. The molecule has 0 fully saturated rings. The van der Waals surface area contributed by atoms with Crippen LogP contribution < -0.4 is 5.43 Å². The lowest BCUT2D eigenvalue weighted by Gasteiger charge is -2.24. The maximum Gasteiger partial charge on any atom is 0.308 e. The molecule has 7 heteroatoms. The Balaban J connectivity index is 4.31. The molecule has 0 heterocycles. The monoisotopic (exact) mass is 892 g/mol. The van der Waals surface area contributed by atoms with E-state index in [1.54, 1.807) is 0 Å². The second-order valence-electron chi connectivity index (χ2n) is 19.9.